The Morgan fingerprint density at radius 2 is 1.52 bits per heavy atom. The molecule has 0 spiro atoms. The number of aliphatic hydroxyl groups is 1. The number of piperazine rings is 1. The summed E-state index contributed by atoms with van der Waals surface area (Å²) < 4.78 is 5.63. The number of likely N-dealkylation sites (tertiary alicyclic amines) is 1. The van der Waals surface area contributed by atoms with Gasteiger partial charge in [-0.15, -0.1) is 0 Å². The van der Waals surface area contributed by atoms with E-state index in [1.54, 1.807) is 4.90 Å². The van der Waals surface area contributed by atoms with E-state index >= 15 is 0 Å². The standard InChI is InChI=1S/C35H49N3O4/c1-25(2)26-14-16-28(17-15-26)35(41,34(6)23-38(24-34)32(40)42-33(3,4)5)29-12-9-13-30(22-29)36-18-20-37(21-19-36)31(39)27-10-7-8-11-27/h9,12-17,22,25,27,41H,7-8,10-11,18-21,23-24H2,1-6H3/t35-/m0/s1. The van der Waals surface area contributed by atoms with E-state index in [2.05, 4.69) is 49.9 Å². The first kappa shape index (κ1) is 30.4. The lowest BCUT2D eigenvalue weighted by Gasteiger charge is -2.56. The average molecular weight is 576 g/mol. The Hall–Kier alpha value is -3.06. The van der Waals surface area contributed by atoms with Crippen LogP contribution in [0, 0.1) is 11.3 Å². The van der Waals surface area contributed by atoms with Crippen LogP contribution in [0.25, 0.3) is 0 Å². The number of carbonyl (C=O) groups excluding carboxylic acids is 2. The minimum atomic E-state index is -1.32. The van der Waals surface area contributed by atoms with E-state index in [9.17, 15) is 14.7 Å². The van der Waals surface area contributed by atoms with Crippen molar-refractivity contribution in [2.45, 2.75) is 84.3 Å². The molecule has 0 bridgehead atoms. The maximum atomic E-state index is 13.0. The van der Waals surface area contributed by atoms with Crippen LogP contribution in [-0.2, 0) is 15.1 Å². The van der Waals surface area contributed by atoms with Crippen LogP contribution in [-0.4, -0.2) is 71.8 Å². The predicted molar refractivity (Wildman–Crippen MR) is 167 cm³/mol. The van der Waals surface area contributed by atoms with Crippen molar-refractivity contribution < 1.29 is 19.4 Å². The molecular weight excluding hydrogens is 526 g/mol. The van der Waals surface area contributed by atoms with E-state index in [1.165, 1.54) is 18.4 Å². The second kappa shape index (κ2) is 11.6. The first-order chi connectivity index (χ1) is 19.8. The zero-order valence-corrected chi connectivity index (χ0v) is 26.4. The van der Waals surface area contributed by atoms with Gasteiger partial charge in [0.15, 0.2) is 0 Å². The molecule has 2 saturated heterocycles. The third-order valence-corrected chi connectivity index (χ3v) is 9.52. The number of hydrogen-bond acceptors (Lipinski definition) is 5. The fourth-order valence-electron chi connectivity index (χ4n) is 7.00. The Morgan fingerprint density at radius 1 is 0.905 bits per heavy atom. The van der Waals surface area contributed by atoms with Gasteiger partial charge in [0, 0.05) is 56.3 Å². The van der Waals surface area contributed by atoms with Crippen molar-refractivity contribution in [1.29, 1.82) is 0 Å². The Labute approximate surface area is 251 Å². The van der Waals surface area contributed by atoms with Gasteiger partial charge in [0.25, 0.3) is 0 Å². The second-order valence-corrected chi connectivity index (χ2v) is 14.2. The molecule has 1 N–H and O–H groups in total. The minimum absolute atomic E-state index is 0.209. The highest BCUT2D eigenvalue weighted by Crippen LogP contribution is 2.51. The third-order valence-electron chi connectivity index (χ3n) is 9.52. The van der Waals surface area contributed by atoms with Gasteiger partial charge in [-0.3, -0.25) is 4.79 Å². The first-order valence-electron chi connectivity index (χ1n) is 15.8. The number of rotatable bonds is 6. The molecule has 1 aliphatic carbocycles. The van der Waals surface area contributed by atoms with Gasteiger partial charge in [0.2, 0.25) is 5.91 Å². The summed E-state index contributed by atoms with van der Waals surface area (Å²) in [6, 6.07) is 16.5. The monoisotopic (exact) mass is 575 g/mol. The quantitative estimate of drug-likeness (QED) is 0.448. The maximum absolute atomic E-state index is 13.0. The smallest absolute Gasteiger partial charge is 0.410 e. The van der Waals surface area contributed by atoms with E-state index in [0.717, 1.165) is 55.8 Å². The predicted octanol–water partition coefficient (Wildman–Crippen LogP) is 6.14. The van der Waals surface area contributed by atoms with Gasteiger partial charge in [-0.2, -0.15) is 0 Å². The summed E-state index contributed by atoms with van der Waals surface area (Å²) in [6.07, 6.45) is 4.04. The largest absolute Gasteiger partial charge is 0.444 e. The summed E-state index contributed by atoms with van der Waals surface area (Å²) in [6.45, 7) is 15.8. The number of anilines is 1. The third kappa shape index (κ3) is 5.90. The van der Waals surface area contributed by atoms with Crippen molar-refractivity contribution >= 4 is 17.7 Å². The molecule has 42 heavy (non-hydrogen) atoms. The maximum Gasteiger partial charge on any atom is 0.410 e. The van der Waals surface area contributed by atoms with Crippen LogP contribution in [0.2, 0.25) is 0 Å². The van der Waals surface area contributed by atoms with E-state index in [4.69, 9.17) is 4.74 Å². The van der Waals surface area contributed by atoms with Crippen molar-refractivity contribution in [2.75, 3.05) is 44.2 Å². The zero-order chi connectivity index (χ0) is 30.3. The minimum Gasteiger partial charge on any atom is -0.444 e. The van der Waals surface area contributed by atoms with Gasteiger partial charge < -0.3 is 24.5 Å². The van der Waals surface area contributed by atoms with Gasteiger partial charge in [-0.1, -0.05) is 70.0 Å². The summed E-state index contributed by atoms with van der Waals surface area (Å²) in [5, 5.41) is 12.8. The van der Waals surface area contributed by atoms with Crippen LogP contribution in [0.1, 0.15) is 89.8 Å². The molecule has 1 atom stereocenters. The lowest BCUT2D eigenvalue weighted by Crippen LogP contribution is -2.66. The van der Waals surface area contributed by atoms with Gasteiger partial charge in [0.05, 0.1) is 0 Å². The fraction of sp³-hybridized carbons (Fsp3) is 0.600. The fourth-order valence-corrected chi connectivity index (χ4v) is 7.00. The van der Waals surface area contributed by atoms with E-state index in [-0.39, 0.29) is 12.0 Å². The molecule has 0 aromatic heterocycles. The Bertz CT molecular complexity index is 1260. The molecular formula is C35H49N3O4. The first-order valence-corrected chi connectivity index (χ1v) is 15.8. The van der Waals surface area contributed by atoms with Crippen molar-refractivity contribution in [3.63, 3.8) is 0 Å². The molecule has 0 radical (unpaired) electrons. The van der Waals surface area contributed by atoms with Crippen molar-refractivity contribution in [2.24, 2.45) is 11.3 Å². The topological polar surface area (TPSA) is 73.3 Å². The number of benzene rings is 2. The summed E-state index contributed by atoms with van der Waals surface area (Å²) in [4.78, 5) is 31.9. The molecule has 7 nitrogen and oxygen atoms in total. The molecule has 2 amide bonds. The highest BCUT2D eigenvalue weighted by atomic mass is 16.6. The van der Waals surface area contributed by atoms with Crippen molar-refractivity contribution in [3.8, 4) is 0 Å². The van der Waals surface area contributed by atoms with Crippen molar-refractivity contribution in [3.05, 3.63) is 65.2 Å². The molecule has 3 fully saturated rings. The number of amides is 2. The highest BCUT2D eigenvalue weighted by Gasteiger charge is 2.58. The molecule has 2 heterocycles. The van der Waals surface area contributed by atoms with Gasteiger partial charge in [-0.25, -0.2) is 4.79 Å². The van der Waals surface area contributed by atoms with Crippen LogP contribution in [0.15, 0.2) is 48.5 Å². The number of hydrogen-bond donors (Lipinski definition) is 1. The van der Waals surface area contributed by atoms with Gasteiger partial charge in [-0.05, 0) is 68.4 Å². The SMILES string of the molecule is CC(C)c1ccc([C@](O)(c2cccc(N3CCN(C(=O)C4CCCC4)CC3)c2)C2(C)CN(C(=O)OC(C)(C)C)C2)cc1. The van der Waals surface area contributed by atoms with Gasteiger partial charge >= 0.3 is 6.09 Å². The normalized spacial score (nSPS) is 20.8. The zero-order valence-electron chi connectivity index (χ0n) is 26.4. The summed E-state index contributed by atoms with van der Waals surface area (Å²) in [7, 11) is 0. The Balaban J connectivity index is 1.40. The molecule has 7 heteroatoms. The molecule has 3 aliphatic rings. The molecule has 2 aliphatic heterocycles. The Kier molecular flexibility index (Phi) is 8.36. The Morgan fingerprint density at radius 3 is 2.10 bits per heavy atom. The molecule has 5 rings (SSSR count). The number of nitrogens with zero attached hydrogens (tertiary/aromatic N) is 3. The lowest BCUT2D eigenvalue weighted by molar-refractivity contribution is -0.135. The van der Waals surface area contributed by atoms with Crippen LogP contribution >= 0.6 is 0 Å². The molecule has 2 aromatic rings. The van der Waals surface area contributed by atoms with Crippen molar-refractivity contribution in [1.82, 2.24) is 9.80 Å². The number of carbonyl (C=O) groups is 2. The average Bonchev–Trinajstić information content (AvgIpc) is 3.49. The van der Waals surface area contributed by atoms with Gasteiger partial charge in [0.1, 0.15) is 11.2 Å². The summed E-state index contributed by atoms with van der Waals surface area (Å²) >= 11 is 0. The summed E-state index contributed by atoms with van der Waals surface area (Å²) in [5.41, 5.74) is 1.38. The van der Waals surface area contributed by atoms with Crippen LogP contribution < -0.4 is 4.90 Å². The second-order valence-electron chi connectivity index (χ2n) is 14.2. The van der Waals surface area contributed by atoms with Crippen LogP contribution in [0.3, 0.4) is 0 Å². The van der Waals surface area contributed by atoms with E-state index in [1.807, 2.05) is 49.9 Å². The number of ether oxygens (including phenoxy) is 1. The summed E-state index contributed by atoms with van der Waals surface area (Å²) in [5.74, 6) is 0.921. The highest BCUT2D eigenvalue weighted by molar-refractivity contribution is 5.79. The molecule has 2 aromatic carbocycles. The van der Waals surface area contributed by atoms with E-state index < -0.39 is 16.6 Å². The molecule has 0 unspecified atom stereocenters. The molecule has 1 saturated carbocycles. The lowest BCUT2D eigenvalue weighted by atomic mass is 9.61. The van der Waals surface area contributed by atoms with Crippen LogP contribution in [0.4, 0.5) is 10.5 Å². The van der Waals surface area contributed by atoms with Crippen LogP contribution in [0.5, 0.6) is 0 Å². The molecule has 228 valence electrons. The van der Waals surface area contributed by atoms with E-state index in [0.29, 0.717) is 24.9 Å².